The van der Waals surface area contributed by atoms with Crippen molar-refractivity contribution in [1.82, 2.24) is 19.6 Å². The van der Waals surface area contributed by atoms with E-state index in [0.29, 0.717) is 24.2 Å². The van der Waals surface area contributed by atoms with Crippen LogP contribution in [-0.2, 0) is 4.79 Å². The molecule has 1 atom stereocenters. The Bertz CT molecular complexity index is 1130. The lowest BCUT2D eigenvalue weighted by Crippen LogP contribution is -2.34. The molecule has 4 rings (SSSR count). The van der Waals surface area contributed by atoms with Crippen molar-refractivity contribution in [2.45, 2.75) is 32.0 Å². The first-order valence-electron chi connectivity index (χ1n) is 8.99. The number of benzene rings is 1. The zero-order valence-electron chi connectivity index (χ0n) is 15.5. The van der Waals surface area contributed by atoms with Crippen molar-refractivity contribution in [3.8, 4) is 11.1 Å². The van der Waals surface area contributed by atoms with Gasteiger partial charge in [-0.2, -0.15) is 32.8 Å². The van der Waals surface area contributed by atoms with Crippen LogP contribution in [0.2, 0.25) is 10.2 Å². The number of carbonyl (C=O) groups excluding carboxylic acids is 1. The molecule has 3 heterocycles. The Morgan fingerprint density at radius 3 is 2.70 bits per heavy atom. The molecule has 3 aromatic rings. The zero-order chi connectivity index (χ0) is 21.6. The van der Waals surface area contributed by atoms with Crippen molar-refractivity contribution in [3.63, 3.8) is 0 Å². The summed E-state index contributed by atoms with van der Waals surface area (Å²) in [6.07, 6.45) is -2.21. The molecule has 0 saturated carbocycles. The summed E-state index contributed by atoms with van der Waals surface area (Å²) < 4.78 is 40.9. The van der Waals surface area contributed by atoms with E-state index >= 15 is 0 Å². The van der Waals surface area contributed by atoms with Crippen molar-refractivity contribution in [2.24, 2.45) is 0 Å². The number of hydrogen-bond acceptors (Lipinski definition) is 5. The molecule has 30 heavy (non-hydrogen) atoms. The highest BCUT2D eigenvalue weighted by Gasteiger charge is 2.37. The lowest BCUT2D eigenvalue weighted by Gasteiger charge is -2.22. The fourth-order valence-corrected chi connectivity index (χ4v) is 3.75. The quantitative estimate of drug-likeness (QED) is 0.578. The highest BCUT2D eigenvalue weighted by Crippen LogP contribution is 2.41. The Morgan fingerprint density at radius 2 is 2.03 bits per heavy atom. The predicted octanol–water partition coefficient (Wildman–Crippen LogP) is 4.59. The van der Waals surface area contributed by atoms with Gasteiger partial charge >= 0.3 is 6.18 Å². The maximum atomic E-state index is 13.3. The van der Waals surface area contributed by atoms with Crippen molar-refractivity contribution in [1.29, 1.82) is 0 Å². The summed E-state index contributed by atoms with van der Waals surface area (Å²) in [5.41, 5.74) is 1.02. The maximum Gasteiger partial charge on any atom is 0.408 e. The van der Waals surface area contributed by atoms with Gasteiger partial charge in [0.1, 0.15) is 23.3 Å². The summed E-state index contributed by atoms with van der Waals surface area (Å²) >= 11 is 12.7. The fraction of sp³-hybridized carbons (Fsp3) is 0.333. The summed E-state index contributed by atoms with van der Waals surface area (Å²) in [6.45, 7) is 1.52. The lowest BCUT2D eigenvalue weighted by atomic mass is 10.1. The summed E-state index contributed by atoms with van der Waals surface area (Å²) in [6, 6.07) is 2.94. The lowest BCUT2D eigenvalue weighted by molar-refractivity contribution is -0.138. The van der Waals surface area contributed by atoms with Crippen LogP contribution in [0.5, 0.6) is 0 Å². The number of hydrogen-bond donors (Lipinski definition) is 1. The van der Waals surface area contributed by atoms with E-state index in [-0.39, 0.29) is 33.2 Å². The second-order valence-corrected chi connectivity index (χ2v) is 7.58. The molecule has 1 aromatic carbocycles. The molecule has 1 fully saturated rings. The van der Waals surface area contributed by atoms with E-state index in [0.717, 1.165) is 24.2 Å². The molecular weight excluding hydrogens is 444 g/mol. The van der Waals surface area contributed by atoms with Crippen LogP contribution in [0.4, 0.5) is 24.7 Å². The Labute approximate surface area is 178 Å². The second kappa shape index (κ2) is 7.59. The Balaban J connectivity index is 1.91. The molecule has 1 aliphatic rings. The molecule has 0 spiro atoms. The van der Waals surface area contributed by atoms with Gasteiger partial charge in [0.2, 0.25) is 5.91 Å². The van der Waals surface area contributed by atoms with E-state index < -0.39 is 12.2 Å². The number of fused-ring (bicyclic) bond motifs is 1. The highest BCUT2D eigenvalue weighted by atomic mass is 35.5. The number of amides is 1. The number of aromatic nitrogens is 4. The predicted molar refractivity (Wildman–Crippen MR) is 107 cm³/mol. The van der Waals surface area contributed by atoms with Crippen LogP contribution in [0.3, 0.4) is 0 Å². The van der Waals surface area contributed by atoms with Gasteiger partial charge in [-0.25, -0.2) is 0 Å². The van der Waals surface area contributed by atoms with Gasteiger partial charge in [-0.15, -0.1) is 0 Å². The Morgan fingerprint density at radius 1 is 1.27 bits per heavy atom. The number of alkyl halides is 3. The number of halogens is 5. The average molecular weight is 459 g/mol. The van der Waals surface area contributed by atoms with Crippen LogP contribution < -0.4 is 10.2 Å². The first kappa shape index (κ1) is 20.7. The molecule has 7 nitrogen and oxygen atoms in total. The second-order valence-electron chi connectivity index (χ2n) is 6.82. The van der Waals surface area contributed by atoms with E-state index in [4.69, 9.17) is 23.2 Å². The minimum atomic E-state index is -4.52. The van der Waals surface area contributed by atoms with Gasteiger partial charge in [0.25, 0.3) is 5.78 Å². The van der Waals surface area contributed by atoms with Crippen LogP contribution in [0.1, 0.15) is 19.8 Å². The minimum Gasteiger partial charge on any atom is -0.358 e. The van der Waals surface area contributed by atoms with Crippen LogP contribution in [0, 0.1) is 0 Å². The smallest absolute Gasteiger partial charge is 0.358 e. The fourth-order valence-electron chi connectivity index (χ4n) is 3.27. The Kier molecular flexibility index (Phi) is 5.23. The van der Waals surface area contributed by atoms with Gasteiger partial charge in [-0.1, -0.05) is 23.2 Å². The van der Waals surface area contributed by atoms with E-state index in [1.807, 2.05) is 0 Å². The third-order valence-electron chi connectivity index (χ3n) is 4.83. The highest BCUT2D eigenvalue weighted by molar-refractivity contribution is 6.36. The summed E-state index contributed by atoms with van der Waals surface area (Å²) in [4.78, 5) is 21.8. The van der Waals surface area contributed by atoms with E-state index in [9.17, 15) is 18.0 Å². The Hall–Kier alpha value is -2.59. The molecule has 1 N–H and O–H groups in total. The first-order valence-corrected chi connectivity index (χ1v) is 9.75. The maximum absolute atomic E-state index is 13.3. The topological polar surface area (TPSA) is 75.4 Å². The summed E-state index contributed by atoms with van der Waals surface area (Å²) in [7, 11) is 0. The molecule has 0 aliphatic carbocycles. The normalized spacial score (nSPS) is 15.8. The standard InChI is InChI=1S/C18H15Cl2F3N6O/c1-9(18(21,22)23)26-16-14(15(20)27-17-24-8-25-29(16)17)11-7-10(4-5-12(11)19)28-6-2-3-13(28)30/h4-5,7-9,26H,2-3,6H2,1H3. The molecule has 2 aromatic heterocycles. The van der Waals surface area contributed by atoms with Gasteiger partial charge in [-0.3, -0.25) is 4.79 Å². The molecule has 0 bridgehead atoms. The molecule has 1 unspecified atom stereocenters. The zero-order valence-corrected chi connectivity index (χ0v) is 17.1. The van der Waals surface area contributed by atoms with Crippen LogP contribution >= 0.6 is 23.2 Å². The summed E-state index contributed by atoms with van der Waals surface area (Å²) in [5.74, 6) is -0.0648. The van der Waals surface area contributed by atoms with Gasteiger partial charge in [0.05, 0.1) is 5.56 Å². The van der Waals surface area contributed by atoms with Crippen LogP contribution in [0.15, 0.2) is 24.5 Å². The monoisotopic (exact) mass is 458 g/mol. The summed E-state index contributed by atoms with van der Waals surface area (Å²) in [5, 5.41) is 6.52. The minimum absolute atomic E-state index is 0.0302. The first-order chi connectivity index (χ1) is 14.2. The van der Waals surface area contributed by atoms with Gasteiger partial charge in [-0.05, 0) is 31.5 Å². The molecule has 1 amide bonds. The van der Waals surface area contributed by atoms with E-state index in [1.165, 1.54) is 0 Å². The average Bonchev–Trinajstić information content (AvgIpc) is 3.30. The molecule has 1 aliphatic heterocycles. The SMILES string of the molecule is CC(Nc1c(-c2cc(N3CCCC3=O)ccc2Cl)c(Cl)nc2ncnn12)C(F)(F)F. The van der Waals surface area contributed by atoms with Crippen molar-refractivity contribution in [2.75, 3.05) is 16.8 Å². The molecule has 0 radical (unpaired) electrons. The molecule has 1 saturated heterocycles. The largest absolute Gasteiger partial charge is 0.408 e. The van der Waals surface area contributed by atoms with E-state index in [1.54, 1.807) is 23.1 Å². The molecular formula is C18H15Cl2F3N6O. The van der Waals surface area contributed by atoms with Crippen molar-refractivity contribution >= 4 is 46.4 Å². The number of nitrogens with zero attached hydrogens (tertiary/aromatic N) is 5. The number of rotatable bonds is 4. The van der Waals surface area contributed by atoms with Crippen LogP contribution in [0.25, 0.3) is 16.9 Å². The number of carbonyl (C=O) groups is 1. The van der Waals surface area contributed by atoms with Crippen LogP contribution in [-0.4, -0.2) is 44.3 Å². The van der Waals surface area contributed by atoms with Gasteiger partial charge < -0.3 is 10.2 Å². The number of anilines is 2. The number of nitrogens with one attached hydrogen (secondary N) is 1. The van der Waals surface area contributed by atoms with Gasteiger partial charge in [0.15, 0.2) is 0 Å². The van der Waals surface area contributed by atoms with Crippen molar-refractivity contribution < 1.29 is 18.0 Å². The molecule has 12 heteroatoms. The third kappa shape index (κ3) is 3.65. The third-order valence-corrected chi connectivity index (χ3v) is 5.43. The van der Waals surface area contributed by atoms with Crippen molar-refractivity contribution in [3.05, 3.63) is 34.7 Å². The van der Waals surface area contributed by atoms with E-state index in [2.05, 4.69) is 20.4 Å². The molecule has 158 valence electrons. The van der Waals surface area contributed by atoms with Gasteiger partial charge in [0, 0.05) is 29.2 Å².